The zero-order valence-corrected chi connectivity index (χ0v) is 13.9. The third-order valence-corrected chi connectivity index (χ3v) is 4.11. The molecule has 0 saturated heterocycles. The minimum atomic E-state index is -1.44. The Kier molecular flexibility index (Phi) is 4.10. The molecule has 1 heterocycles. The maximum Gasteiger partial charge on any atom is 0.266 e. The van der Waals surface area contributed by atoms with Crippen LogP contribution in [0.2, 0.25) is 5.02 Å². The molecule has 0 atom stereocenters. The average molecular weight is 361 g/mol. The molecular weight excluding hydrogens is 350 g/mol. The summed E-state index contributed by atoms with van der Waals surface area (Å²) in [5, 5.41) is 11.2. The second-order valence-corrected chi connectivity index (χ2v) is 5.56. The summed E-state index contributed by atoms with van der Waals surface area (Å²) in [7, 11) is 2.76. The maximum absolute atomic E-state index is 12.7. The van der Waals surface area contributed by atoms with Crippen molar-refractivity contribution in [2.75, 3.05) is 19.1 Å². The SMILES string of the molecule is COc1cc(N2C(=O)c3ccc(C(=O)[O-])cc3C2=O)c(OC)cc1Cl. The van der Waals surface area contributed by atoms with Crippen molar-refractivity contribution >= 4 is 35.1 Å². The number of carbonyl (C=O) groups excluding carboxylic acids is 3. The van der Waals surface area contributed by atoms with Gasteiger partial charge in [-0.25, -0.2) is 4.90 Å². The Bertz CT molecular complexity index is 924. The summed E-state index contributed by atoms with van der Waals surface area (Å²) in [6, 6.07) is 6.43. The molecule has 0 bridgehead atoms. The molecule has 0 aromatic heterocycles. The zero-order valence-electron chi connectivity index (χ0n) is 13.2. The van der Waals surface area contributed by atoms with Gasteiger partial charge in [-0.2, -0.15) is 0 Å². The van der Waals surface area contributed by atoms with Crippen LogP contribution >= 0.6 is 11.6 Å². The zero-order chi connectivity index (χ0) is 18.3. The number of halogens is 1. The van der Waals surface area contributed by atoms with E-state index < -0.39 is 17.8 Å². The van der Waals surface area contributed by atoms with E-state index >= 15 is 0 Å². The number of nitrogens with zero attached hydrogens (tertiary/aromatic N) is 1. The third kappa shape index (κ3) is 2.58. The second-order valence-electron chi connectivity index (χ2n) is 5.15. The number of carbonyl (C=O) groups is 3. The number of imide groups is 1. The summed E-state index contributed by atoms with van der Waals surface area (Å²) in [5.41, 5.74) is 0.0148. The molecule has 0 unspecified atom stereocenters. The largest absolute Gasteiger partial charge is 0.545 e. The third-order valence-electron chi connectivity index (χ3n) is 3.82. The van der Waals surface area contributed by atoms with Crippen LogP contribution in [0, 0.1) is 0 Å². The van der Waals surface area contributed by atoms with Crippen molar-refractivity contribution in [1.82, 2.24) is 0 Å². The lowest BCUT2D eigenvalue weighted by atomic mass is 10.1. The lowest BCUT2D eigenvalue weighted by Gasteiger charge is -2.19. The van der Waals surface area contributed by atoms with Gasteiger partial charge in [0, 0.05) is 12.1 Å². The fraction of sp³-hybridized carbons (Fsp3) is 0.118. The van der Waals surface area contributed by atoms with Crippen LogP contribution in [0.3, 0.4) is 0 Å². The molecule has 0 spiro atoms. The monoisotopic (exact) mass is 360 g/mol. The minimum absolute atomic E-state index is 0.0253. The van der Waals surface area contributed by atoms with E-state index in [0.717, 1.165) is 11.0 Å². The summed E-state index contributed by atoms with van der Waals surface area (Å²) in [6.07, 6.45) is 0. The van der Waals surface area contributed by atoms with Gasteiger partial charge in [-0.3, -0.25) is 9.59 Å². The van der Waals surface area contributed by atoms with Crippen molar-refractivity contribution in [3.8, 4) is 11.5 Å². The molecule has 0 radical (unpaired) electrons. The van der Waals surface area contributed by atoms with Crippen molar-refractivity contribution in [3.63, 3.8) is 0 Å². The number of amides is 2. The van der Waals surface area contributed by atoms with Crippen molar-refractivity contribution < 1.29 is 29.0 Å². The molecule has 25 heavy (non-hydrogen) atoms. The summed E-state index contributed by atoms with van der Waals surface area (Å²) >= 11 is 6.04. The molecule has 7 nitrogen and oxygen atoms in total. The molecule has 0 aliphatic carbocycles. The van der Waals surface area contributed by atoms with Gasteiger partial charge in [0.2, 0.25) is 0 Å². The van der Waals surface area contributed by atoms with Gasteiger partial charge < -0.3 is 19.4 Å². The fourth-order valence-corrected chi connectivity index (χ4v) is 2.84. The maximum atomic E-state index is 12.7. The Morgan fingerprint density at radius 3 is 2.24 bits per heavy atom. The van der Waals surface area contributed by atoms with Crippen LogP contribution < -0.4 is 19.5 Å². The van der Waals surface area contributed by atoms with Gasteiger partial charge in [0.25, 0.3) is 11.8 Å². The highest BCUT2D eigenvalue weighted by Crippen LogP contribution is 2.41. The van der Waals surface area contributed by atoms with Crippen LogP contribution in [0.4, 0.5) is 5.69 Å². The molecule has 0 saturated carbocycles. The van der Waals surface area contributed by atoms with Crippen molar-refractivity contribution in [2.45, 2.75) is 0 Å². The van der Waals surface area contributed by atoms with Crippen molar-refractivity contribution in [3.05, 3.63) is 52.0 Å². The van der Waals surface area contributed by atoms with Gasteiger partial charge in [0.05, 0.1) is 42.0 Å². The molecule has 3 rings (SSSR count). The van der Waals surface area contributed by atoms with Crippen LogP contribution in [0.5, 0.6) is 11.5 Å². The molecule has 0 fully saturated rings. The predicted molar refractivity (Wildman–Crippen MR) is 86.5 cm³/mol. The van der Waals surface area contributed by atoms with Crippen LogP contribution in [0.15, 0.2) is 30.3 Å². The first-order valence-corrected chi connectivity index (χ1v) is 7.42. The van der Waals surface area contributed by atoms with Gasteiger partial charge in [-0.1, -0.05) is 17.7 Å². The van der Waals surface area contributed by atoms with Crippen LogP contribution in [-0.4, -0.2) is 32.0 Å². The van der Waals surface area contributed by atoms with Crippen LogP contribution in [0.1, 0.15) is 31.1 Å². The van der Waals surface area contributed by atoms with E-state index in [1.54, 1.807) is 0 Å². The number of hydrogen-bond donors (Lipinski definition) is 0. The average Bonchev–Trinajstić information content (AvgIpc) is 2.85. The van der Waals surface area contributed by atoms with Crippen LogP contribution in [0.25, 0.3) is 0 Å². The number of ether oxygens (including phenoxy) is 2. The van der Waals surface area contributed by atoms with E-state index in [9.17, 15) is 19.5 Å². The summed E-state index contributed by atoms with van der Waals surface area (Å²) in [6.45, 7) is 0. The number of anilines is 1. The number of benzene rings is 2. The molecule has 1 aliphatic rings. The summed E-state index contributed by atoms with van der Waals surface area (Å²) in [4.78, 5) is 37.2. The van der Waals surface area contributed by atoms with E-state index in [1.807, 2.05) is 0 Å². The van der Waals surface area contributed by atoms with Gasteiger partial charge in [0.15, 0.2) is 0 Å². The summed E-state index contributed by atoms with van der Waals surface area (Å²) < 4.78 is 10.3. The van der Waals surface area contributed by atoms with Crippen LogP contribution in [-0.2, 0) is 0 Å². The topological polar surface area (TPSA) is 96.0 Å². The number of rotatable bonds is 4. The number of aromatic carboxylic acids is 1. The normalized spacial score (nSPS) is 13.0. The number of carboxylic acids is 1. The van der Waals surface area contributed by atoms with Gasteiger partial charge >= 0.3 is 0 Å². The lowest BCUT2D eigenvalue weighted by Crippen LogP contribution is -2.29. The minimum Gasteiger partial charge on any atom is -0.545 e. The van der Waals surface area contributed by atoms with Gasteiger partial charge in [-0.05, 0) is 17.7 Å². The van der Waals surface area contributed by atoms with Gasteiger partial charge in [-0.15, -0.1) is 0 Å². The molecule has 128 valence electrons. The van der Waals surface area contributed by atoms with Crippen molar-refractivity contribution in [1.29, 1.82) is 0 Å². The molecule has 2 amide bonds. The van der Waals surface area contributed by atoms with E-state index in [-0.39, 0.29) is 38.9 Å². The van der Waals surface area contributed by atoms with E-state index in [2.05, 4.69) is 0 Å². The van der Waals surface area contributed by atoms with E-state index in [0.29, 0.717) is 0 Å². The first kappa shape index (κ1) is 16.8. The summed E-state index contributed by atoms with van der Waals surface area (Å²) in [5.74, 6) is -2.27. The molecule has 8 heteroatoms. The Hall–Kier alpha value is -3.06. The lowest BCUT2D eigenvalue weighted by molar-refractivity contribution is -0.255. The molecule has 1 aliphatic heterocycles. The molecule has 0 N–H and O–H groups in total. The molecule has 2 aromatic carbocycles. The smallest absolute Gasteiger partial charge is 0.266 e. The number of methoxy groups -OCH3 is 2. The van der Waals surface area contributed by atoms with Crippen molar-refractivity contribution in [2.24, 2.45) is 0 Å². The Balaban J connectivity index is 2.15. The number of hydrogen-bond acceptors (Lipinski definition) is 6. The predicted octanol–water partition coefficient (Wildman–Crippen LogP) is 1.52. The molecule has 2 aromatic rings. The number of fused-ring (bicyclic) bond motifs is 1. The van der Waals surface area contributed by atoms with Gasteiger partial charge in [0.1, 0.15) is 11.5 Å². The Morgan fingerprint density at radius 2 is 1.64 bits per heavy atom. The number of carboxylic acid groups (broad SMARTS) is 1. The molecular formula is C17H11ClNO6-. The first-order chi connectivity index (χ1) is 11.9. The first-order valence-electron chi connectivity index (χ1n) is 7.04. The Labute approximate surface area is 147 Å². The highest BCUT2D eigenvalue weighted by molar-refractivity contribution is 6.36. The second kappa shape index (κ2) is 6.10. The highest BCUT2D eigenvalue weighted by Gasteiger charge is 2.38. The standard InChI is InChI=1S/C17H12ClNO6/c1-24-13-7-12(14(25-2)6-11(13)18)19-15(20)9-4-3-8(17(22)23)5-10(9)16(19)21/h3-7H,1-2H3,(H,22,23)/p-1. The highest BCUT2D eigenvalue weighted by atomic mass is 35.5. The quantitative estimate of drug-likeness (QED) is 0.767. The Morgan fingerprint density at radius 1 is 1.00 bits per heavy atom. The van der Waals surface area contributed by atoms with E-state index in [1.165, 1.54) is 38.5 Å². The van der Waals surface area contributed by atoms with E-state index in [4.69, 9.17) is 21.1 Å². The fourth-order valence-electron chi connectivity index (χ4n) is 2.61.